The Kier molecular flexibility index (Phi) is 3.65. The van der Waals surface area contributed by atoms with Crippen molar-refractivity contribution in [3.05, 3.63) is 58.0 Å². The Morgan fingerprint density at radius 1 is 1.26 bits per heavy atom. The third-order valence-corrected chi connectivity index (χ3v) is 3.83. The van der Waals surface area contributed by atoms with Gasteiger partial charge in [-0.3, -0.25) is 4.79 Å². The maximum atomic E-state index is 12.5. The minimum atomic E-state index is -0.455. The number of nitrogens with two attached hydrogens (primary N) is 1. The van der Waals surface area contributed by atoms with Gasteiger partial charge < -0.3 is 15.5 Å². The van der Waals surface area contributed by atoms with Crippen molar-refractivity contribution >= 4 is 22.6 Å². The van der Waals surface area contributed by atoms with Crippen LogP contribution in [0.2, 0.25) is 0 Å². The van der Waals surface area contributed by atoms with Gasteiger partial charge in [-0.2, -0.15) is 0 Å². The number of nitrogens with zero attached hydrogens (tertiary/aromatic N) is 1. The first kappa shape index (κ1) is 14.9. The summed E-state index contributed by atoms with van der Waals surface area (Å²) in [5.41, 5.74) is 8.74. The first-order chi connectivity index (χ1) is 11.0. The lowest BCUT2D eigenvalue weighted by Gasteiger charge is -2.05. The highest BCUT2D eigenvalue weighted by Crippen LogP contribution is 2.19. The summed E-state index contributed by atoms with van der Waals surface area (Å²) in [6.45, 7) is 1.85. The first-order valence-electron chi connectivity index (χ1n) is 7.16. The molecule has 1 heterocycles. The number of nitrogen functional groups attached to an aromatic ring is 1. The average Bonchev–Trinajstić information content (AvgIpc) is 2.83. The maximum absolute atomic E-state index is 12.5. The molecule has 6 nitrogen and oxygen atoms in total. The number of imidazole rings is 1. The number of ether oxygens (including phenoxy) is 1. The van der Waals surface area contributed by atoms with Gasteiger partial charge in [0.25, 0.3) is 0 Å². The highest BCUT2D eigenvalue weighted by molar-refractivity contribution is 5.93. The van der Waals surface area contributed by atoms with Gasteiger partial charge in [0.1, 0.15) is 5.75 Å². The second-order valence-electron chi connectivity index (χ2n) is 5.41. The van der Waals surface area contributed by atoms with Crippen molar-refractivity contribution in [1.29, 1.82) is 0 Å². The molecule has 0 fully saturated rings. The molecule has 0 aliphatic carbocycles. The molecule has 1 aromatic heterocycles. The molecule has 0 saturated heterocycles. The lowest BCUT2D eigenvalue weighted by atomic mass is 10.1. The van der Waals surface area contributed by atoms with Gasteiger partial charge >= 0.3 is 5.69 Å². The first-order valence-corrected chi connectivity index (χ1v) is 7.16. The molecule has 0 aliphatic rings. The predicted molar refractivity (Wildman–Crippen MR) is 89.0 cm³/mol. The Morgan fingerprint density at radius 3 is 2.61 bits per heavy atom. The van der Waals surface area contributed by atoms with Crippen molar-refractivity contribution < 1.29 is 9.53 Å². The molecule has 0 radical (unpaired) electrons. The molecule has 3 aromatic rings. The summed E-state index contributed by atoms with van der Waals surface area (Å²) in [5, 5.41) is 0. The van der Waals surface area contributed by atoms with E-state index in [0.29, 0.717) is 22.5 Å². The van der Waals surface area contributed by atoms with Gasteiger partial charge in [0, 0.05) is 5.69 Å². The Morgan fingerprint density at radius 2 is 1.96 bits per heavy atom. The van der Waals surface area contributed by atoms with Crippen LogP contribution in [0.15, 0.2) is 41.2 Å². The van der Waals surface area contributed by atoms with Crippen molar-refractivity contribution in [3.63, 3.8) is 0 Å². The largest absolute Gasteiger partial charge is 0.497 e. The summed E-state index contributed by atoms with van der Waals surface area (Å²) in [6.07, 6.45) is 0.116. The minimum Gasteiger partial charge on any atom is -0.497 e. The summed E-state index contributed by atoms with van der Waals surface area (Å²) < 4.78 is 6.22. The maximum Gasteiger partial charge on any atom is 0.333 e. The van der Waals surface area contributed by atoms with Crippen LogP contribution in [-0.2, 0) is 6.42 Å². The van der Waals surface area contributed by atoms with Crippen LogP contribution in [0.1, 0.15) is 15.9 Å². The van der Waals surface area contributed by atoms with E-state index in [1.807, 2.05) is 6.92 Å². The molecule has 2 aromatic carbocycles. The fraction of sp³-hybridized carbons (Fsp3) is 0.176. The number of benzene rings is 2. The Hall–Kier alpha value is -3.02. The zero-order valence-corrected chi connectivity index (χ0v) is 12.9. The molecule has 0 unspecified atom stereocenters. The summed E-state index contributed by atoms with van der Waals surface area (Å²) >= 11 is 0. The number of aromatic amines is 1. The summed E-state index contributed by atoms with van der Waals surface area (Å²) in [4.78, 5) is 27.3. The number of anilines is 1. The van der Waals surface area contributed by atoms with Crippen LogP contribution >= 0.6 is 0 Å². The lowest BCUT2D eigenvalue weighted by Crippen LogP contribution is -2.25. The van der Waals surface area contributed by atoms with Gasteiger partial charge in [-0.1, -0.05) is 12.1 Å². The molecule has 0 atom stereocenters. The Bertz CT molecular complexity index is 936. The van der Waals surface area contributed by atoms with Crippen molar-refractivity contribution in [3.8, 4) is 5.75 Å². The van der Waals surface area contributed by atoms with Gasteiger partial charge in [-0.25, -0.2) is 9.36 Å². The summed E-state index contributed by atoms with van der Waals surface area (Å²) in [7, 11) is 1.58. The van der Waals surface area contributed by atoms with Crippen molar-refractivity contribution in [2.75, 3.05) is 12.8 Å². The van der Waals surface area contributed by atoms with Gasteiger partial charge in [-0.15, -0.1) is 0 Å². The highest BCUT2D eigenvalue weighted by Gasteiger charge is 2.15. The van der Waals surface area contributed by atoms with Crippen LogP contribution in [0.5, 0.6) is 5.75 Å². The molecule has 0 spiro atoms. The quantitative estimate of drug-likeness (QED) is 0.725. The van der Waals surface area contributed by atoms with Crippen molar-refractivity contribution in [2.24, 2.45) is 0 Å². The summed E-state index contributed by atoms with van der Waals surface area (Å²) in [5.74, 6) is 0.406. The molecule has 118 valence electrons. The number of hydrogen-bond donors (Lipinski definition) is 2. The van der Waals surface area contributed by atoms with Crippen LogP contribution in [0, 0.1) is 6.92 Å². The van der Waals surface area contributed by atoms with E-state index >= 15 is 0 Å². The van der Waals surface area contributed by atoms with Crippen molar-refractivity contribution in [2.45, 2.75) is 13.3 Å². The van der Waals surface area contributed by atoms with E-state index in [2.05, 4.69) is 4.98 Å². The van der Waals surface area contributed by atoms with Gasteiger partial charge in [-0.05, 0) is 42.3 Å². The zero-order chi connectivity index (χ0) is 16.6. The van der Waals surface area contributed by atoms with E-state index in [1.54, 1.807) is 43.5 Å². The molecule has 6 heteroatoms. The molecule has 3 rings (SSSR count). The number of aryl methyl sites for hydroxylation is 1. The SMILES string of the molecule is COc1ccc(CC(=O)n2c(=O)[nH]c3cc(C)c(N)cc32)cc1. The third kappa shape index (κ3) is 2.70. The standard InChI is InChI=1S/C17H17N3O3/c1-10-7-14-15(9-13(10)18)20(17(22)19-14)16(21)8-11-3-5-12(23-2)6-4-11/h3-7,9H,8,18H2,1-2H3,(H,19,22). The van der Waals surface area contributed by atoms with Gasteiger partial charge in [0.15, 0.2) is 0 Å². The lowest BCUT2D eigenvalue weighted by molar-refractivity contribution is 0.0915. The monoisotopic (exact) mass is 311 g/mol. The zero-order valence-electron chi connectivity index (χ0n) is 12.9. The minimum absolute atomic E-state index is 0.116. The highest BCUT2D eigenvalue weighted by atomic mass is 16.5. The molecule has 0 aliphatic heterocycles. The molecule has 0 amide bonds. The molecular formula is C17H17N3O3. The number of carbonyl (C=O) groups excluding carboxylic acids is 1. The van der Waals surface area contributed by atoms with Crippen molar-refractivity contribution in [1.82, 2.24) is 9.55 Å². The Labute approximate surface area is 132 Å². The fourth-order valence-corrected chi connectivity index (χ4v) is 2.52. The van der Waals surface area contributed by atoms with Crippen LogP contribution in [0.4, 0.5) is 5.69 Å². The Balaban J connectivity index is 1.98. The molecular weight excluding hydrogens is 294 g/mol. The molecule has 3 N–H and O–H groups in total. The number of carbonyl (C=O) groups is 1. The normalized spacial score (nSPS) is 10.9. The fourth-order valence-electron chi connectivity index (χ4n) is 2.52. The summed E-state index contributed by atoms with van der Waals surface area (Å²) in [6, 6.07) is 10.6. The predicted octanol–water partition coefficient (Wildman–Crippen LogP) is 2.11. The van der Waals surface area contributed by atoms with E-state index in [0.717, 1.165) is 15.7 Å². The van der Waals surface area contributed by atoms with E-state index in [9.17, 15) is 9.59 Å². The van der Waals surface area contributed by atoms with E-state index in [-0.39, 0.29) is 12.3 Å². The molecule has 23 heavy (non-hydrogen) atoms. The molecule has 0 saturated carbocycles. The number of rotatable bonds is 3. The number of fused-ring (bicyclic) bond motifs is 1. The second-order valence-corrected chi connectivity index (χ2v) is 5.41. The second kappa shape index (κ2) is 5.64. The third-order valence-electron chi connectivity index (χ3n) is 3.83. The van der Waals surface area contributed by atoms with Gasteiger partial charge in [0.05, 0.1) is 24.6 Å². The smallest absolute Gasteiger partial charge is 0.333 e. The molecule has 0 bridgehead atoms. The van der Waals surface area contributed by atoms with Crippen LogP contribution < -0.4 is 16.2 Å². The van der Waals surface area contributed by atoms with Crippen LogP contribution in [0.3, 0.4) is 0 Å². The average molecular weight is 311 g/mol. The van der Waals surface area contributed by atoms with E-state index < -0.39 is 5.69 Å². The van der Waals surface area contributed by atoms with Crippen LogP contribution in [0.25, 0.3) is 11.0 Å². The van der Waals surface area contributed by atoms with Crippen LogP contribution in [-0.4, -0.2) is 22.6 Å². The number of nitrogens with one attached hydrogen (secondary N) is 1. The van der Waals surface area contributed by atoms with E-state index in [4.69, 9.17) is 10.5 Å². The topological polar surface area (TPSA) is 90.1 Å². The number of hydrogen-bond acceptors (Lipinski definition) is 4. The number of methoxy groups -OCH3 is 1. The van der Waals surface area contributed by atoms with E-state index in [1.165, 1.54) is 0 Å². The number of aromatic nitrogens is 2. The van der Waals surface area contributed by atoms with Gasteiger partial charge in [0.2, 0.25) is 5.91 Å². The number of H-pyrrole nitrogens is 1.